The topological polar surface area (TPSA) is 107 Å². The molecular weight excluding hydrogens is 653 g/mol. The van der Waals surface area contributed by atoms with Crippen LogP contribution < -0.4 is 5.69 Å². The number of ether oxygens (including phenoxy) is 1. The molecule has 13 heteroatoms. The van der Waals surface area contributed by atoms with Gasteiger partial charge in [0.15, 0.2) is 0 Å². The van der Waals surface area contributed by atoms with Gasteiger partial charge >= 0.3 is 11.8 Å². The maximum absolute atomic E-state index is 14.0. The molecule has 3 aliphatic rings. The van der Waals surface area contributed by atoms with E-state index in [9.17, 15) is 14.4 Å². The molecule has 0 radical (unpaired) electrons. The van der Waals surface area contributed by atoms with E-state index in [4.69, 9.17) is 27.9 Å². The van der Waals surface area contributed by atoms with Crippen molar-refractivity contribution in [2.45, 2.75) is 56.5 Å². The number of piperidine rings is 2. The van der Waals surface area contributed by atoms with Crippen molar-refractivity contribution in [3.8, 4) is 0 Å². The highest BCUT2D eigenvalue weighted by Crippen LogP contribution is 2.41. The summed E-state index contributed by atoms with van der Waals surface area (Å²) in [6.45, 7) is 5.57. The fraction of sp³-hybridized carbons (Fsp3) is 0.486. The number of pyridine rings is 1. The molecule has 1 N–H and O–H groups in total. The Kier molecular flexibility index (Phi) is 9.50. The number of carbonyl (C=O) groups is 2. The number of aromatic amines is 1. The summed E-state index contributed by atoms with van der Waals surface area (Å²) in [5, 5.41) is 1.68. The quantitative estimate of drug-likeness (QED) is 0.265. The minimum absolute atomic E-state index is 0.0113. The number of nitrogens with one attached hydrogen (secondary N) is 1. The van der Waals surface area contributed by atoms with E-state index in [-0.39, 0.29) is 24.8 Å². The molecule has 0 aliphatic carbocycles. The van der Waals surface area contributed by atoms with Crippen molar-refractivity contribution in [3.05, 3.63) is 74.8 Å². The third kappa shape index (κ3) is 6.22. The van der Waals surface area contributed by atoms with E-state index in [1.165, 1.54) is 0 Å². The largest absolute Gasteiger partial charge is 0.444 e. The normalized spacial score (nSPS) is 23.6. The van der Waals surface area contributed by atoms with Crippen molar-refractivity contribution in [2.75, 3.05) is 52.9 Å². The number of imidazole rings is 1. The number of nitrogens with zero attached hydrogens (tertiary/aromatic N) is 6. The van der Waals surface area contributed by atoms with Gasteiger partial charge in [0.05, 0.1) is 32.8 Å². The number of hydrogen-bond acceptors (Lipinski definition) is 8. The standard InChI is InChI=1S/C35H41Cl2N7O4/c1-40-12-8-25(9-13-40)41-15-17-42(18-16-41)35(11-19-45)21-26(10-14-43(35)34(47)48-23-24-6-7-28(36)29(37)20-24)44-31-22-38-30-5-3-2-4-27(30)32(31)39-33(44)46/h2-7,19-20,22,25-26H,8-18,21,23H2,1H3,(H,39,46)/t26-,35+/m1/s1. The van der Waals surface area contributed by atoms with E-state index in [1.54, 1.807) is 33.9 Å². The van der Waals surface area contributed by atoms with Crippen LogP contribution in [0.2, 0.25) is 10.0 Å². The molecule has 2 aromatic heterocycles. The molecule has 2 aromatic carbocycles. The van der Waals surface area contributed by atoms with Crippen LogP contribution in [0.1, 0.15) is 43.7 Å². The fourth-order valence-electron chi connectivity index (χ4n) is 8.11. The molecule has 4 aromatic rings. The highest BCUT2D eigenvalue weighted by atomic mass is 35.5. The smallest absolute Gasteiger partial charge is 0.411 e. The lowest BCUT2D eigenvalue weighted by Gasteiger charge is -2.56. The molecule has 1 amide bonds. The monoisotopic (exact) mass is 693 g/mol. The number of H-pyrrole nitrogens is 1. The van der Waals surface area contributed by atoms with Gasteiger partial charge in [-0.05, 0) is 63.2 Å². The first-order valence-electron chi connectivity index (χ1n) is 16.7. The predicted molar refractivity (Wildman–Crippen MR) is 187 cm³/mol. The Bertz CT molecular complexity index is 1860. The number of piperazine rings is 1. The summed E-state index contributed by atoms with van der Waals surface area (Å²) in [5.41, 5.74) is 1.76. The molecule has 2 atom stereocenters. The Hall–Kier alpha value is -3.48. The number of fused-ring (bicyclic) bond motifs is 3. The van der Waals surface area contributed by atoms with Crippen LogP contribution in [0.5, 0.6) is 0 Å². The molecule has 0 unspecified atom stereocenters. The second-order valence-electron chi connectivity index (χ2n) is 13.3. The molecular formula is C35H41Cl2N7O4. The van der Waals surface area contributed by atoms with Gasteiger partial charge in [0.25, 0.3) is 0 Å². The Morgan fingerprint density at radius 1 is 1.00 bits per heavy atom. The molecule has 5 heterocycles. The zero-order valence-corrected chi connectivity index (χ0v) is 28.6. The van der Waals surface area contributed by atoms with Gasteiger partial charge in [-0.15, -0.1) is 0 Å². The van der Waals surface area contributed by atoms with Crippen LogP contribution in [0.15, 0.2) is 53.5 Å². The van der Waals surface area contributed by atoms with Crippen molar-refractivity contribution >= 4 is 57.5 Å². The first kappa shape index (κ1) is 33.0. The number of amides is 1. The predicted octanol–water partition coefficient (Wildman–Crippen LogP) is 5.16. The van der Waals surface area contributed by atoms with Crippen molar-refractivity contribution in [2.24, 2.45) is 0 Å². The molecule has 48 heavy (non-hydrogen) atoms. The van der Waals surface area contributed by atoms with E-state index >= 15 is 0 Å². The van der Waals surface area contributed by atoms with Gasteiger partial charge in [0.2, 0.25) is 0 Å². The summed E-state index contributed by atoms with van der Waals surface area (Å²) in [6.07, 6.45) is 5.41. The molecule has 3 aliphatic heterocycles. The first-order valence-corrected chi connectivity index (χ1v) is 17.5. The van der Waals surface area contributed by atoms with E-state index in [0.29, 0.717) is 59.6 Å². The molecule has 3 saturated heterocycles. The zero-order chi connectivity index (χ0) is 33.4. The van der Waals surface area contributed by atoms with E-state index in [1.807, 2.05) is 24.3 Å². The number of aromatic nitrogens is 3. The van der Waals surface area contributed by atoms with Crippen molar-refractivity contribution in [3.63, 3.8) is 0 Å². The zero-order valence-electron chi connectivity index (χ0n) is 27.1. The number of rotatable bonds is 7. The van der Waals surface area contributed by atoms with Crippen LogP contribution in [-0.2, 0) is 16.1 Å². The summed E-state index contributed by atoms with van der Waals surface area (Å²) in [7, 11) is 2.17. The van der Waals surface area contributed by atoms with Crippen molar-refractivity contribution in [1.29, 1.82) is 0 Å². The van der Waals surface area contributed by atoms with Crippen LogP contribution >= 0.6 is 23.2 Å². The van der Waals surface area contributed by atoms with Gasteiger partial charge in [-0.25, -0.2) is 9.59 Å². The fourth-order valence-corrected chi connectivity index (χ4v) is 8.43. The number of aldehydes is 1. The molecule has 0 bridgehead atoms. The van der Waals surface area contributed by atoms with E-state index in [2.05, 4.69) is 31.7 Å². The van der Waals surface area contributed by atoms with Gasteiger partial charge in [0, 0.05) is 63.0 Å². The third-order valence-corrected chi connectivity index (χ3v) is 11.4. The van der Waals surface area contributed by atoms with E-state index < -0.39 is 11.8 Å². The first-order chi connectivity index (χ1) is 23.3. The molecule has 254 valence electrons. The summed E-state index contributed by atoms with van der Waals surface area (Å²) in [4.78, 5) is 56.9. The Labute approximate surface area is 289 Å². The lowest BCUT2D eigenvalue weighted by atomic mass is 9.86. The van der Waals surface area contributed by atoms with Gasteiger partial charge in [0.1, 0.15) is 18.6 Å². The highest BCUT2D eigenvalue weighted by Gasteiger charge is 2.51. The average molecular weight is 695 g/mol. The van der Waals surface area contributed by atoms with Crippen LogP contribution in [0.4, 0.5) is 4.79 Å². The average Bonchev–Trinajstić information content (AvgIpc) is 3.45. The molecule has 7 rings (SSSR count). The maximum Gasteiger partial charge on any atom is 0.411 e. The van der Waals surface area contributed by atoms with Crippen LogP contribution in [0.25, 0.3) is 21.9 Å². The molecule has 3 fully saturated rings. The Morgan fingerprint density at radius 3 is 2.50 bits per heavy atom. The minimum Gasteiger partial charge on any atom is -0.444 e. The number of para-hydroxylation sites is 1. The summed E-state index contributed by atoms with van der Waals surface area (Å²) in [6, 6.07) is 13.1. The number of hydrogen-bond donors (Lipinski definition) is 1. The van der Waals surface area contributed by atoms with Crippen molar-refractivity contribution in [1.82, 2.24) is 34.1 Å². The van der Waals surface area contributed by atoms with Crippen LogP contribution in [0.3, 0.4) is 0 Å². The van der Waals surface area contributed by atoms with Gasteiger partial charge in [-0.2, -0.15) is 0 Å². The number of benzene rings is 2. The molecule has 0 saturated carbocycles. The molecule has 0 spiro atoms. The Balaban J connectivity index is 1.20. The van der Waals surface area contributed by atoms with Crippen LogP contribution in [0, 0.1) is 0 Å². The van der Waals surface area contributed by atoms with Crippen molar-refractivity contribution < 1.29 is 14.3 Å². The van der Waals surface area contributed by atoms with Gasteiger partial charge in [-0.3, -0.25) is 24.3 Å². The second kappa shape index (κ2) is 13.8. The third-order valence-electron chi connectivity index (χ3n) is 10.7. The SMILES string of the molecule is CN1CCC(N2CCN([C@]3(CC=O)C[C@H](n4c(=O)[nH]c5c6ccccc6ncc54)CCN3C(=O)OCc3ccc(Cl)c(Cl)c3)CC2)CC1. The lowest BCUT2D eigenvalue weighted by Crippen LogP contribution is -2.69. The second-order valence-corrected chi connectivity index (χ2v) is 14.2. The van der Waals surface area contributed by atoms with Crippen LogP contribution in [-0.4, -0.2) is 111 Å². The summed E-state index contributed by atoms with van der Waals surface area (Å²) < 4.78 is 7.67. The molecule has 11 nitrogen and oxygen atoms in total. The maximum atomic E-state index is 14.0. The van der Waals surface area contributed by atoms with E-state index in [0.717, 1.165) is 61.7 Å². The van der Waals surface area contributed by atoms with Gasteiger partial charge in [-0.1, -0.05) is 47.5 Å². The highest BCUT2D eigenvalue weighted by molar-refractivity contribution is 6.42. The summed E-state index contributed by atoms with van der Waals surface area (Å²) in [5.74, 6) is 0. The number of halogens is 2. The Morgan fingerprint density at radius 2 is 1.75 bits per heavy atom. The number of likely N-dealkylation sites (tertiary alicyclic amines) is 2. The van der Waals surface area contributed by atoms with Gasteiger partial charge < -0.3 is 19.4 Å². The lowest BCUT2D eigenvalue weighted by molar-refractivity contribution is -0.129. The summed E-state index contributed by atoms with van der Waals surface area (Å²) >= 11 is 12.3. The minimum atomic E-state index is -0.981. The number of carbonyl (C=O) groups excluding carboxylic acids is 2.